The van der Waals surface area contributed by atoms with Crippen LogP contribution < -0.4 is 5.73 Å². The van der Waals surface area contributed by atoms with Gasteiger partial charge in [-0.3, -0.25) is 9.78 Å². The number of rotatable bonds is 3. The smallest absolute Gasteiger partial charge is 0.372 e. The zero-order valence-corrected chi connectivity index (χ0v) is 6.73. The Labute approximate surface area is 74.2 Å². The summed E-state index contributed by atoms with van der Waals surface area (Å²) in [6, 6.07) is 1.52. The lowest BCUT2D eigenvalue weighted by Crippen LogP contribution is -2.15. The third-order valence-corrected chi connectivity index (χ3v) is 1.54. The minimum absolute atomic E-state index is 0.191. The predicted molar refractivity (Wildman–Crippen MR) is 45.0 cm³/mol. The summed E-state index contributed by atoms with van der Waals surface area (Å²) in [6.45, 7) is 0. The molecule has 1 heterocycles. The van der Waals surface area contributed by atoms with Crippen molar-refractivity contribution in [3.8, 4) is 0 Å². The van der Waals surface area contributed by atoms with Crippen LogP contribution >= 0.6 is 0 Å². The van der Waals surface area contributed by atoms with E-state index < -0.39 is 11.8 Å². The molecule has 13 heavy (non-hydrogen) atoms. The number of nitrogens with zero attached hydrogens (tertiary/aromatic N) is 1. The maximum absolute atomic E-state index is 10.8. The van der Waals surface area contributed by atoms with Crippen LogP contribution in [0, 0.1) is 0 Å². The summed E-state index contributed by atoms with van der Waals surface area (Å²) in [5, 5.41) is 8.33. The van der Waals surface area contributed by atoms with Crippen LogP contribution in [0.1, 0.15) is 5.56 Å². The standard InChI is InChI=1S/C8H8N2O3/c9-6-4-10-2-1-5(6)3-7(11)8(12)13/h1-2,4H,3,9H2,(H,12,13). The Morgan fingerprint density at radius 3 is 2.77 bits per heavy atom. The monoisotopic (exact) mass is 180 g/mol. The van der Waals surface area contributed by atoms with Gasteiger partial charge in [0.1, 0.15) is 0 Å². The van der Waals surface area contributed by atoms with Gasteiger partial charge in [0.25, 0.3) is 0 Å². The second kappa shape index (κ2) is 3.66. The van der Waals surface area contributed by atoms with Crippen molar-refractivity contribution in [1.29, 1.82) is 0 Å². The average molecular weight is 180 g/mol. The Balaban J connectivity index is 2.81. The van der Waals surface area contributed by atoms with E-state index in [0.717, 1.165) is 0 Å². The molecule has 1 aromatic rings. The molecule has 0 radical (unpaired) electrons. The summed E-state index contributed by atoms with van der Waals surface area (Å²) < 4.78 is 0. The Bertz CT molecular complexity index is 349. The molecule has 0 aromatic carbocycles. The van der Waals surface area contributed by atoms with E-state index >= 15 is 0 Å². The van der Waals surface area contributed by atoms with Crippen molar-refractivity contribution in [3.05, 3.63) is 24.0 Å². The number of carbonyl (C=O) groups is 2. The molecule has 0 amide bonds. The van der Waals surface area contributed by atoms with Crippen molar-refractivity contribution in [2.24, 2.45) is 0 Å². The highest BCUT2D eigenvalue weighted by atomic mass is 16.4. The van der Waals surface area contributed by atoms with E-state index in [2.05, 4.69) is 4.98 Å². The summed E-state index contributed by atoms with van der Waals surface area (Å²) in [7, 11) is 0. The molecule has 0 saturated heterocycles. The molecule has 0 spiro atoms. The minimum atomic E-state index is -1.45. The van der Waals surface area contributed by atoms with E-state index in [0.29, 0.717) is 11.3 Å². The fraction of sp³-hybridized carbons (Fsp3) is 0.125. The Morgan fingerprint density at radius 1 is 1.54 bits per heavy atom. The Kier molecular flexibility index (Phi) is 2.59. The first-order chi connectivity index (χ1) is 6.11. The fourth-order valence-corrected chi connectivity index (χ4v) is 0.845. The zero-order valence-electron chi connectivity index (χ0n) is 6.73. The van der Waals surface area contributed by atoms with E-state index in [4.69, 9.17) is 10.8 Å². The van der Waals surface area contributed by atoms with Crippen molar-refractivity contribution in [1.82, 2.24) is 4.98 Å². The van der Waals surface area contributed by atoms with E-state index in [1.807, 2.05) is 0 Å². The average Bonchev–Trinajstić information content (AvgIpc) is 2.08. The third kappa shape index (κ3) is 2.26. The molecule has 68 valence electrons. The van der Waals surface area contributed by atoms with Gasteiger partial charge in [-0.25, -0.2) is 4.79 Å². The second-order valence-electron chi connectivity index (χ2n) is 2.48. The normalized spacial score (nSPS) is 9.54. The van der Waals surface area contributed by atoms with Gasteiger partial charge in [-0.1, -0.05) is 0 Å². The number of nitrogen functional groups attached to an aromatic ring is 1. The lowest BCUT2D eigenvalue weighted by molar-refractivity contribution is -0.148. The van der Waals surface area contributed by atoms with Crippen LogP contribution in [0.2, 0.25) is 0 Å². The van der Waals surface area contributed by atoms with Gasteiger partial charge in [-0.05, 0) is 11.6 Å². The first-order valence-corrected chi connectivity index (χ1v) is 3.55. The van der Waals surface area contributed by atoms with Crippen LogP contribution in [-0.2, 0) is 16.0 Å². The van der Waals surface area contributed by atoms with Gasteiger partial charge in [0.05, 0.1) is 11.9 Å². The number of hydrogen-bond donors (Lipinski definition) is 2. The Morgan fingerprint density at radius 2 is 2.23 bits per heavy atom. The van der Waals surface area contributed by atoms with Gasteiger partial charge >= 0.3 is 5.97 Å². The van der Waals surface area contributed by atoms with Gasteiger partial charge in [-0.15, -0.1) is 0 Å². The van der Waals surface area contributed by atoms with Crippen molar-refractivity contribution >= 4 is 17.4 Å². The molecule has 0 aliphatic heterocycles. The number of carboxylic acids is 1. The first kappa shape index (κ1) is 9.18. The van der Waals surface area contributed by atoms with Crippen LogP contribution in [0.3, 0.4) is 0 Å². The number of nitrogens with two attached hydrogens (primary N) is 1. The highest BCUT2D eigenvalue weighted by Crippen LogP contribution is 2.09. The lowest BCUT2D eigenvalue weighted by atomic mass is 10.1. The molecule has 1 rings (SSSR count). The molecular formula is C8H8N2O3. The van der Waals surface area contributed by atoms with E-state index in [-0.39, 0.29) is 6.42 Å². The number of ketones is 1. The molecule has 3 N–H and O–H groups in total. The first-order valence-electron chi connectivity index (χ1n) is 3.55. The molecule has 0 fully saturated rings. The second-order valence-corrected chi connectivity index (χ2v) is 2.48. The molecule has 0 aliphatic rings. The minimum Gasteiger partial charge on any atom is -0.475 e. The molecule has 0 aliphatic carbocycles. The number of carbonyl (C=O) groups excluding carboxylic acids is 1. The quantitative estimate of drug-likeness (QED) is 0.631. The van der Waals surface area contributed by atoms with Crippen molar-refractivity contribution < 1.29 is 14.7 Å². The molecular weight excluding hydrogens is 172 g/mol. The lowest BCUT2D eigenvalue weighted by Gasteiger charge is -2.00. The van der Waals surface area contributed by atoms with Crippen molar-refractivity contribution in [2.45, 2.75) is 6.42 Å². The maximum atomic E-state index is 10.8. The fourth-order valence-electron chi connectivity index (χ4n) is 0.845. The molecule has 0 bridgehead atoms. The summed E-state index contributed by atoms with van der Waals surface area (Å²) in [5.41, 5.74) is 6.28. The number of Topliss-reactive ketones (excluding diaryl/α,β-unsaturated/α-hetero) is 1. The molecule has 0 unspecified atom stereocenters. The molecule has 5 heteroatoms. The molecule has 5 nitrogen and oxygen atoms in total. The SMILES string of the molecule is Nc1cnccc1CC(=O)C(=O)O. The van der Waals surface area contributed by atoms with Gasteiger partial charge in [0, 0.05) is 12.6 Å². The summed E-state index contributed by atoms with van der Waals surface area (Å²) >= 11 is 0. The van der Waals surface area contributed by atoms with Gasteiger partial charge in [0.2, 0.25) is 5.78 Å². The van der Waals surface area contributed by atoms with Gasteiger partial charge in [0.15, 0.2) is 0 Å². The summed E-state index contributed by atoms with van der Waals surface area (Å²) in [6.07, 6.45) is 2.65. The molecule has 1 aromatic heterocycles. The zero-order chi connectivity index (χ0) is 9.84. The van der Waals surface area contributed by atoms with Crippen LogP contribution in [0.5, 0.6) is 0 Å². The highest BCUT2D eigenvalue weighted by molar-refractivity contribution is 6.33. The van der Waals surface area contributed by atoms with E-state index in [9.17, 15) is 9.59 Å². The maximum Gasteiger partial charge on any atom is 0.372 e. The van der Waals surface area contributed by atoms with E-state index in [1.54, 1.807) is 0 Å². The number of pyridine rings is 1. The third-order valence-electron chi connectivity index (χ3n) is 1.54. The van der Waals surface area contributed by atoms with Crippen LogP contribution in [0.25, 0.3) is 0 Å². The van der Waals surface area contributed by atoms with Crippen molar-refractivity contribution in [3.63, 3.8) is 0 Å². The number of anilines is 1. The molecule has 0 saturated carbocycles. The van der Waals surface area contributed by atoms with E-state index in [1.165, 1.54) is 18.5 Å². The molecule has 0 atom stereocenters. The number of hydrogen-bond acceptors (Lipinski definition) is 4. The predicted octanol–water partition coefficient (Wildman–Crippen LogP) is -0.140. The van der Waals surface area contributed by atoms with Gasteiger partial charge < -0.3 is 10.8 Å². The largest absolute Gasteiger partial charge is 0.475 e. The number of aromatic nitrogens is 1. The number of aliphatic carboxylic acids is 1. The van der Waals surface area contributed by atoms with Crippen LogP contribution in [0.4, 0.5) is 5.69 Å². The number of carboxylic acid groups (broad SMARTS) is 1. The summed E-state index contributed by atoms with van der Waals surface area (Å²) in [5.74, 6) is -2.32. The van der Waals surface area contributed by atoms with Crippen LogP contribution in [0.15, 0.2) is 18.5 Å². The van der Waals surface area contributed by atoms with Gasteiger partial charge in [-0.2, -0.15) is 0 Å². The topological polar surface area (TPSA) is 93.3 Å². The summed E-state index contributed by atoms with van der Waals surface area (Å²) in [4.78, 5) is 24.7. The Hall–Kier alpha value is -1.91. The van der Waals surface area contributed by atoms with Crippen molar-refractivity contribution in [2.75, 3.05) is 5.73 Å². The van der Waals surface area contributed by atoms with Crippen LogP contribution in [-0.4, -0.2) is 21.8 Å². The highest BCUT2D eigenvalue weighted by Gasteiger charge is 2.13.